The predicted molar refractivity (Wildman–Crippen MR) is 114 cm³/mol. The number of amides is 1. The van der Waals surface area contributed by atoms with Gasteiger partial charge in [0.15, 0.2) is 0 Å². The first-order valence-corrected chi connectivity index (χ1v) is 11.1. The van der Waals surface area contributed by atoms with E-state index in [1.807, 2.05) is 35.6 Å². The van der Waals surface area contributed by atoms with Crippen LogP contribution in [0.3, 0.4) is 0 Å². The van der Waals surface area contributed by atoms with Gasteiger partial charge in [0.05, 0.1) is 24.0 Å². The van der Waals surface area contributed by atoms with Crippen LogP contribution >= 0.6 is 0 Å². The van der Waals surface area contributed by atoms with E-state index in [2.05, 4.69) is 10.1 Å². The van der Waals surface area contributed by atoms with Crippen LogP contribution in [0.4, 0.5) is 0 Å². The van der Waals surface area contributed by atoms with Crippen LogP contribution in [0.15, 0.2) is 30.7 Å². The van der Waals surface area contributed by atoms with Crippen LogP contribution in [0, 0.1) is 12.8 Å². The minimum absolute atomic E-state index is 0.0843. The van der Waals surface area contributed by atoms with E-state index in [9.17, 15) is 4.79 Å². The zero-order chi connectivity index (χ0) is 21.0. The lowest BCUT2D eigenvalue weighted by Gasteiger charge is -2.46. The first-order valence-electron chi connectivity index (χ1n) is 11.1. The fourth-order valence-corrected chi connectivity index (χ4v) is 4.76. The van der Waals surface area contributed by atoms with Crippen LogP contribution in [0.2, 0.25) is 0 Å². The summed E-state index contributed by atoms with van der Waals surface area (Å²) in [4.78, 5) is 19.0. The fraction of sp³-hybridized carbons (Fsp3) is 0.609. The lowest BCUT2D eigenvalue weighted by atomic mass is 9.78. The number of ether oxygens (including phenoxy) is 2. The van der Waals surface area contributed by atoms with Crippen molar-refractivity contribution < 1.29 is 14.3 Å². The van der Waals surface area contributed by atoms with Crippen molar-refractivity contribution in [1.29, 1.82) is 0 Å². The zero-order valence-corrected chi connectivity index (χ0v) is 18.0. The van der Waals surface area contributed by atoms with Gasteiger partial charge in [0, 0.05) is 44.3 Å². The second kappa shape index (κ2) is 9.16. The Balaban J connectivity index is 1.28. The summed E-state index contributed by atoms with van der Waals surface area (Å²) in [6.07, 6.45) is 10.2. The lowest BCUT2D eigenvalue weighted by Crippen LogP contribution is -2.51. The summed E-state index contributed by atoms with van der Waals surface area (Å²) < 4.78 is 14.0. The maximum atomic E-state index is 13.0. The van der Waals surface area contributed by atoms with Gasteiger partial charge in [0.1, 0.15) is 5.75 Å². The van der Waals surface area contributed by atoms with Crippen molar-refractivity contribution in [3.05, 3.63) is 42.0 Å². The Morgan fingerprint density at radius 2 is 2.07 bits per heavy atom. The van der Waals surface area contributed by atoms with E-state index < -0.39 is 0 Å². The van der Waals surface area contributed by atoms with Crippen LogP contribution in [-0.4, -0.2) is 57.5 Å². The van der Waals surface area contributed by atoms with Crippen molar-refractivity contribution in [2.75, 3.05) is 26.3 Å². The lowest BCUT2D eigenvalue weighted by molar-refractivity contribution is -0.125. The van der Waals surface area contributed by atoms with Crippen LogP contribution in [0.25, 0.3) is 0 Å². The van der Waals surface area contributed by atoms with Crippen LogP contribution < -0.4 is 4.74 Å². The summed E-state index contributed by atoms with van der Waals surface area (Å²) >= 11 is 0. The Hall–Kier alpha value is -2.41. The van der Waals surface area contributed by atoms with Gasteiger partial charge in [-0.1, -0.05) is 0 Å². The first-order chi connectivity index (χ1) is 14.6. The number of aryl methyl sites for hydroxylation is 1. The van der Waals surface area contributed by atoms with Crippen LogP contribution in [-0.2, 0) is 11.3 Å². The molecule has 1 atom stereocenters. The summed E-state index contributed by atoms with van der Waals surface area (Å²) in [6, 6.07) is 3.79. The molecule has 1 spiro atoms. The van der Waals surface area contributed by atoms with Crippen molar-refractivity contribution >= 4 is 5.91 Å². The molecular formula is C23H32N4O3. The van der Waals surface area contributed by atoms with E-state index in [4.69, 9.17) is 9.47 Å². The van der Waals surface area contributed by atoms with Gasteiger partial charge in [-0.2, -0.15) is 5.10 Å². The summed E-state index contributed by atoms with van der Waals surface area (Å²) in [7, 11) is 0. The Bertz CT molecular complexity index is 843. The maximum absolute atomic E-state index is 13.0. The molecule has 0 saturated carbocycles. The highest BCUT2D eigenvalue weighted by atomic mass is 16.5. The van der Waals surface area contributed by atoms with Crippen molar-refractivity contribution in [3.8, 4) is 5.75 Å². The third kappa shape index (κ3) is 4.51. The topological polar surface area (TPSA) is 69.5 Å². The quantitative estimate of drug-likeness (QED) is 0.727. The van der Waals surface area contributed by atoms with E-state index in [1.54, 1.807) is 18.6 Å². The smallest absolute Gasteiger partial charge is 0.257 e. The predicted octanol–water partition coefficient (Wildman–Crippen LogP) is 3.48. The molecular weight excluding hydrogens is 380 g/mol. The van der Waals surface area contributed by atoms with Gasteiger partial charge in [-0.25, -0.2) is 0 Å². The molecule has 0 N–H and O–H groups in total. The van der Waals surface area contributed by atoms with Crippen molar-refractivity contribution in [3.63, 3.8) is 0 Å². The minimum Gasteiger partial charge on any atom is -0.493 e. The van der Waals surface area contributed by atoms with Gasteiger partial charge < -0.3 is 14.4 Å². The number of pyridine rings is 1. The minimum atomic E-state index is -0.0843. The second-order valence-corrected chi connectivity index (χ2v) is 8.46. The van der Waals surface area contributed by atoms with Crippen molar-refractivity contribution in [1.82, 2.24) is 19.7 Å². The molecule has 7 heteroatoms. The molecule has 4 heterocycles. The van der Waals surface area contributed by atoms with Gasteiger partial charge in [-0.15, -0.1) is 0 Å². The normalized spacial score (nSPS) is 21.0. The molecule has 2 aliphatic heterocycles. The van der Waals surface area contributed by atoms with Gasteiger partial charge in [0.25, 0.3) is 5.91 Å². The molecule has 0 aliphatic carbocycles. The molecule has 0 aromatic carbocycles. The van der Waals surface area contributed by atoms with Gasteiger partial charge in [-0.05, 0) is 64.0 Å². The molecule has 1 amide bonds. The molecule has 2 aromatic rings. The molecule has 2 fully saturated rings. The van der Waals surface area contributed by atoms with Gasteiger partial charge in [0.2, 0.25) is 0 Å². The monoisotopic (exact) mass is 412 g/mol. The molecule has 0 bridgehead atoms. The highest BCUT2D eigenvalue weighted by Crippen LogP contribution is 2.39. The summed E-state index contributed by atoms with van der Waals surface area (Å²) in [5.41, 5.74) is 1.59. The highest BCUT2D eigenvalue weighted by Gasteiger charge is 2.41. The molecule has 30 heavy (non-hydrogen) atoms. The third-order valence-electron chi connectivity index (χ3n) is 6.63. The number of nitrogens with zero attached hydrogens (tertiary/aromatic N) is 4. The standard InChI is InChI=1S/C23H32N4O3/c1-3-27-18(2)21(17-25-27)22(28)26-12-8-23(9-13-26)16-19(7-15-30-23)6-14-29-20-4-10-24-11-5-20/h4-5,10-11,17,19H,3,6-9,12-16H2,1-2H3. The molecule has 162 valence electrons. The van der Waals surface area contributed by atoms with Crippen molar-refractivity contribution in [2.24, 2.45) is 5.92 Å². The molecule has 2 aromatic heterocycles. The van der Waals surface area contributed by atoms with E-state index in [1.165, 1.54) is 0 Å². The molecule has 1 unspecified atom stereocenters. The molecule has 2 saturated heterocycles. The number of rotatable bonds is 6. The number of carbonyl (C=O) groups excluding carboxylic acids is 1. The van der Waals surface area contributed by atoms with Gasteiger partial charge in [-0.3, -0.25) is 14.5 Å². The number of hydrogen-bond donors (Lipinski definition) is 0. The molecule has 2 aliphatic rings. The van der Waals surface area contributed by atoms with Crippen LogP contribution in [0.5, 0.6) is 5.75 Å². The van der Waals surface area contributed by atoms with E-state index in [0.29, 0.717) is 5.92 Å². The Morgan fingerprint density at radius 1 is 1.30 bits per heavy atom. The fourth-order valence-electron chi connectivity index (χ4n) is 4.76. The Morgan fingerprint density at radius 3 is 2.77 bits per heavy atom. The average Bonchev–Trinajstić information content (AvgIpc) is 3.15. The average molecular weight is 413 g/mol. The molecule has 4 rings (SSSR count). The third-order valence-corrected chi connectivity index (χ3v) is 6.63. The number of piperidine rings is 1. The molecule has 0 radical (unpaired) electrons. The Labute approximate surface area is 178 Å². The van der Waals surface area contributed by atoms with Crippen molar-refractivity contribution in [2.45, 2.75) is 58.1 Å². The van der Waals surface area contributed by atoms with Gasteiger partial charge >= 0.3 is 0 Å². The van der Waals surface area contributed by atoms with Crippen LogP contribution in [0.1, 0.15) is 55.1 Å². The number of aromatic nitrogens is 3. The maximum Gasteiger partial charge on any atom is 0.257 e. The number of likely N-dealkylation sites (tertiary alicyclic amines) is 1. The van der Waals surface area contributed by atoms with E-state index >= 15 is 0 Å². The molecule has 7 nitrogen and oxygen atoms in total. The summed E-state index contributed by atoms with van der Waals surface area (Å²) in [5.74, 6) is 1.58. The summed E-state index contributed by atoms with van der Waals surface area (Å²) in [5, 5.41) is 4.32. The second-order valence-electron chi connectivity index (χ2n) is 8.46. The largest absolute Gasteiger partial charge is 0.493 e. The Kier molecular flexibility index (Phi) is 6.37. The zero-order valence-electron chi connectivity index (χ0n) is 18.0. The SMILES string of the molecule is CCn1ncc(C(=O)N2CCC3(CC2)CC(CCOc2ccncc2)CCO3)c1C. The first kappa shape index (κ1) is 20.8. The summed E-state index contributed by atoms with van der Waals surface area (Å²) in [6.45, 7) is 7.80. The van der Waals surface area contributed by atoms with E-state index in [-0.39, 0.29) is 11.5 Å². The highest BCUT2D eigenvalue weighted by molar-refractivity contribution is 5.95. The number of carbonyl (C=O) groups is 1. The number of hydrogen-bond acceptors (Lipinski definition) is 5. The van der Waals surface area contributed by atoms with E-state index in [0.717, 1.165) is 82.0 Å².